The number of nitrogens with zero attached hydrogens (tertiary/aromatic N) is 6. The summed E-state index contributed by atoms with van der Waals surface area (Å²) < 4.78 is 40.2. The Hall–Kier alpha value is -3.50. The van der Waals surface area contributed by atoms with Gasteiger partial charge in [-0.2, -0.15) is 10.1 Å². The van der Waals surface area contributed by atoms with Crippen molar-refractivity contribution >= 4 is 11.6 Å². The first-order valence-corrected chi connectivity index (χ1v) is 12.0. The summed E-state index contributed by atoms with van der Waals surface area (Å²) in [4.78, 5) is 7.10. The standard InChI is InChI=1S/C24H27F2N7O2/c1-34-21-10-18(11-27-30-21)32-12-14-4-5-15(13-32)22(14)28-24-29-23-20(3-2-6-33(23)31-24)35-19-8-16(25)7-17(26)9-19/h7-11,14-15,20,22H,2-6,12-13H2,1H3,(H,28,31)/t14-,15+,20-,22-/m0/s1. The molecule has 3 aromatic rings. The minimum absolute atomic E-state index is 0.158. The lowest BCUT2D eigenvalue weighted by Gasteiger charge is -2.39. The molecule has 1 saturated carbocycles. The molecular formula is C24H27F2N7O2. The van der Waals surface area contributed by atoms with E-state index in [1.807, 2.05) is 10.7 Å². The fourth-order valence-corrected chi connectivity index (χ4v) is 5.67. The van der Waals surface area contributed by atoms with Crippen molar-refractivity contribution in [2.45, 2.75) is 44.4 Å². The quantitative estimate of drug-likeness (QED) is 0.569. The van der Waals surface area contributed by atoms with E-state index >= 15 is 0 Å². The van der Waals surface area contributed by atoms with Crippen LogP contribution in [0.2, 0.25) is 0 Å². The maximum Gasteiger partial charge on any atom is 0.242 e. The zero-order valence-corrected chi connectivity index (χ0v) is 19.4. The number of nitrogens with one attached hydrogen (secondary N) is 1. The molecule has 184 valence electrons. The van der Waals surface area contributed by atoms with Gasteiger partial charge in [-0.1, -0.05) is 0 Å². The Morgan fingerprint density at radius 2 is 1.80 bits per heavy atom. The van der Waals surface area contributed by atoms with Crippen molar-refractivity contribution in [3.05, 3.63) is 47.9 Å². The highest BCUT2D eigenvalue weighted by atomic mass is 19.1. The van der Waals surface area contributed by atoms with Gasteiger partial charge in [0, 0.05) is 49.9 Å². The third-order valence-corrected chi connectivity index (χ3v) is 7.26. The smallest absolute Gasteiger partial charge is 0.242 e. The molecule has 4 atom stereocenters. The molecule has 4 heterocycles. The molecule has 11 heteroatoms. The Kier molecular flexibility index (Phi) is 5.62. The number of halogens is 2. The maximum absolute atomic E-state index is 13.6. The van der Waals surface area contributed by atoms with E-state index in [4.69, 9.17) is 14.5 Å². The topological polar surface area (TPSA) is 90.2 Å². The van der Waals surface area contributed by atoms with Gasteiger partial charge < -0.3 is 19.7 Å². The first-order chi connectivity index (χ1) is 17.1. The number of aromatic nitrogens is 5. The molecule has 35 heavy (non-hydrogen) atoms. The average molecular weight is 484 g/mol. The van der Waals surface area contributed by atoms with E-state index in [1.54, 1.807) is 13.3 Å². The molecule has 9 nitrogen and oxygen atoms in total. The van der Waals surface area contributed by atoms with Crippen molar-refractivity contribution in [1.29, 1.82) is 0 Å². The van der Waals surface area contributed by atoms with Gasteiger partial charge >= 0.3 is 0 Å². The fraction of sp³-hybridized carbons (Fsp3) is 0.500. The molecule has 1 aromatic carbocycles. The van der Waals surface area contributed by atoms with Crippen LogP contribution in [0, 0.1) is 23.5 Å². The summed E-state index contributed by atoms with van der Waals surface area (Å²) in [5.41, 5.74) is 1.02. The summed E-state index contributed by atoms with van der Waals surface area (Å²) in [6.07, 6.45) is 5.22. The highest BCUT2D eigenvalue weighted by Crippen LogP contribution is 2.40. The monoisotopic (exact) mass is 483 g/mol. The number of aryl methyl sites for hydroxylation is 1. The summed E-state index contributed by atoms with van der Waals surface area (Å²) in [6.45, 7) is 2.56. The summed E-state index contributed by atoms with van der Waals surface area (Å²) >= 11 is 0. The average Bonchev–Trinajstić information content (AvgIpc) is 3.35. The molecular weight excluding hydrogens is 456 g/mol. The first-order valence-electron chi connectivity index (χ1n) is 12.0. The van der Waals surface area contributed by atoms with Crippen LogP contribution in [0.1, 0.15) is 37.6 Å². The van der Waals surface area contributed by atoms with Gasteiger partial charge in [0.05, 0.1) is 19.0 Å². The van der Waals surface area contributed by atoms with Crippen LogP contribution in [-0.4, -0.2) is 51.2 Å². The Bertz CT molecular complexity index is 1190. The molecule has 0 amide bonds. The van der Waals surface area contributed by atoms with Crippen LogP contribution in [0.15, 0.2) is 30.5 Å². The minimum Gasteiger partial charge on any atom is -0.482 e. The molecule has 6 rings (SSSR count). The van der Waals surface area contributed by atoms with Gasteiger partial charge in [0.25, 0.3) is 0 Å². The number of benzene rings is 1. The predicted molar refractivity (Wildman–Crippen MR) is 123 cm³/mol. The second-order valence-electron chi connectivity index (χ2n) is 9.50. The lowest BCUT2D eigenvalue weighted by Crippen LogP contribution is -2.48. The van der Waals surface area contributed by atoms with Crippen molar-refractivity contribution in [1.82, 2.24) is 25.0 Å². The van der Waals surface area contributed by atoms with Crippen LogP contribution in [0.25, 0.3) is 0 Å². The first kappa shape index (κ1) is 22.0. The SMILES string of the molecule is COc1cc(N2C[C@H]3CC[C@@H](C2)[C@@H]3Nc2nc3n(n2)CCC[C@@H]3Oc2cc(F)cc(F)c2)cnn1. The zero-order valence-electron chi connectivity index (χ0n) is 19.4. The van der Waals surface area contributed by atoms with E-state index in [1.165, 1.54) is 12.1 Å². The van der Waals surface area contributed by atoms with Crippen molar-refractivity contribution in [2.24, 2.45) is 11.8 Å². The van der Waals surface area contributed by atoms with Gasteiger partial charge in [-0.3, -0.25) is 0 Å². The van der Waals surface area contributed by atoms with Gasteiger partial charge in [-0.15, -0.1) is 10.2 Å². The largest absolute Gasteiger partial charge is 0.482 e. The summed E-state index contributed by atoms with van der Waals surface area (Å²) in [5, 5.41) is 16.3. The maximum atomic E-state index is 13.6. The number of hydrogen-bond acceptors (Lipinski definition) is 8. The third kappa shape index (κ3) is 4.35. The Balaban J connectivity index is 1.16. The van der Waals surface area contributed by atoms with Crippen LogP contribution < -0.4 is 19.7 Å². The second kappa shape index (κ2) is 8.94. The van der Waals surface area contributed by atoms with Crippen LogP contribution >= 0.6 is 0 Å². The summed E-state index contributed by atoms with van der Waals surface area (Å²) in [5.74, 6) is 1.52. The van der Waals surface area contributed by atoms with Crippen molar-refractivity contribution < 1.29 is 18.3 Å². The predicted octanol–water partition coefficient (Wildman–Crippen LogP) is 3.60. The molecule has 3 aliphatic rings. The van der Waals surface area contributed by atoms with Gasteiger partial charge in [0.15, 0.2) is 11.9 Å². The normalized spacial score (nSPS) is 25.3. The molecule has 0 spiro atoms. The fourth-order valence-electron chi connectivity index (χ4n) is 5.67. The van der Waals surface area contributed by atoms with E-state index in [0.29, 0.717) is 35.9 Å². The molecule has 2 bridgehead atoms. The van der Waals surface area contributed by atoms with E-state index < -0.39 is 17.7 Å². The van der Waals surface area contributed by atoms with Gasteiger partial charge in [-0.05, 0) is 37.5 Å². The Morgan fingerprint density at radius 3 is 2.54 bits per heavy atom. The van der Waals surface area contributed by atoms with Gasteiger partial charge in [-0.25, -0.2) is 13.5 Å². The van der Waals surface area contributed by atoms with Crippen molar-refractivity contribution in [2.75, 3.05) is 30.4 Å². The van der Waals surface area contributed by atoms with Crippen molar-refractivity contribution in [3.8, 4) is 11.6 Å². The number of ether oxygens (including phenoxy) is 2. The van der Waals surface area contributed by atoms with E-state index in [0.717, 1.165) is 50.7 Å². The molecule has 2 aromatic heterocycles. The number of piperidine rings is 1. The van der Waals surface area contributed by atoms with Gasteiger partial charge in [0.1, 0.15) is 17.4 Å². The van der Waals surface area contributed by atoms with Crippen LogP contribution in [0.5, 0.6) is 11.6 Å². The van der Waals surface area contributed by atoms with E-state index in [2.05, 4.69) is 25.5 Å². The van der Waals surface area contributed by atoms with E-state index in [9.17, 15) is 8.78 Å². The number of rotatable bonds is 6. The Labute approximate surface area is 201 Å². The number of hydrogen-bond donors (Lipinski definition) is 1. The highest BCUT2D eigenvalue weighted by Gasteiger charge is 2.43. The van der Waals surface area contributed by atoms with E-state index in [-0.39, 0.29) is 11.8 Å². The van der Waals surface area contributed by atoms with Crippen molar-refractivity contribution in [3.63, 3.8) is 0 Å². The number of methoxy groups -OCH3 is 1. The Morgan fingerprint density at radius 1 is 1.03 bits per heavy atom. The number of anilines is 2. The number of fused-ring (bicyclic) bond motifs is 3. The highest BCUT2D eigenvalue weighted by molar-refractivity contribution is 5.48. The van der Waals surface area contributed by atoms with Crippen LogP contribution in [0.3, 0.4) is 0 Å². The van der Waals surface area contributed by atoms with Crippen LogP contribution in [0.4, 0.5) is 20.4 Å². The molecule has 2 fully saturated rings. The third-order valence-electron chi connectivity index (χ3n) is 7.26. The van der Waals surface area contributed by atoms with Crippen LogP contribution in [-0.2, 0) is 6.54 Å². The minimum atomic E-state index is -0.664. The molecule has 2 aliphatic heterocycles. The second-order valence-corrected chi connectivity index (χ2v) is 9.50. The summed E-state index contributed by atoms with van der Waals surface area (Å²) in [7, 11) is 1.59. The molecule has 0 radical (unpaired) electrons. The van der Waals surface area contributed by atoms with Gasteiger partial charge in [0.2, 0.25) is 11.8 Å². The molecule has 1 saturated heterocycles. The lowest BCUT2D eigenvalue weighted by molar-refractivity contribution is 0.154. The molecule has 0 unspecified atom stereocenters. The molecule has 1 N–H and O–H groups in total. The summed E-state index contributed by atoms with van der Waals surface area (Å²) in [6, 6.07) is 5.42. The molecule has 1 aliphatic carbocycles. The lowest BCUT2D eigenvalue weighted by atomic mass is 9.92. The zero-order chi connectivity index (χ0) is 23.9.